The Labute approximate surface area is 229 Å². The topological polar surface area (TPSA) is 83.4 Å². The Hall–Kier alpha value is -3.84. The Balaban J connectivity index is 0.000000179. The van der Waals surface area contributed by atoms with Crippen LogP contribution < -0.4 is 0 Å². The van der Waals surface area contributed by atoms with Crippen molar-refractivity contribution in [1.29, 1.82) is 0 Å². The van der Waals surface area contributed by atoms with Crippen LogP contribution in [-0.2, 0) is 0 Å². The van der Waals surface area contributed by atoms with Gasteiger partial charge in [0.2, 0.25) is 0 Å². The molecule has 1 aliphatic rings. The molecule has 0 radical (unpaired) electrons. The highest BCUT2D eigenvalue weighted by Crippen LogP contribution is 2.36. The fourth-order valence-corrected chi connectivity index (χ4v) is 5.26. The van der Waals surface area contributed by atoms with Gasteiger partial charge >= 0.3 is 0 Å². The molecule has 2 atom stereocenters. The Bertz CT molecular complexity index is 1670. The Morgan fingerprint density at radius 2 is 1.11 bits per heavy atom. The molecule has 5 aromatic rings. The summed E-state index contributed by atoms with van der Waals surface area (Å²) < 4.78 is 0. The van der Waals surface area contributed by atoms with E-state index >= 15 is 0 Å². The molecular formula is C30H23Cl2N3O3. The molecule has 2 aromatic heterocycles. The number of aliphatic hydroxyl groups excluding tert-OH is 1. The minimum Gasteiger partial charge on any atom is -0.389 e. The zero-order chi connectivity index (χ0) is 27.0. The number of imide groups is 1. The molecule has 38 heavy (non-hydrogen) atoms. The minimum atomic E-state index is -0.584. The van der Waals surface area contributed by atoms with E-state index in [0.717, 1.165) is 21.8 Å². The predicted octanol–water partition coefficient (Wildman–Crippen LogP) is 7.19. The maximum Gasteiger partial charge on any atom is 0.262 e. The van der Waals surface area contributed by atoms with Gasteiger partial charge in [-0.15, -0.1) is 0 Å². The number of rotatable bonds is 3. The van der Waals surface area contributed by atoms with Crippen LogP contribution in [0.5, 0.6) is 0 Å². The molecule has 6 nitrogen and oxygen atoms in total. The van der Waals surface area contributed by atoms with Crippen LogP contribution in [0.1, 0.15) is 57.8 Å². The second-order valence-electron chi connectivity index (χ2n) is 8.97. The second-order valence-corrected chi connectivity index (χ2v) is 9.72. The average Bonchev–Trinajstić information content (AvgIpc) is 3.19. The van der Waals surface area contributed by atoms with Crippen molar-refractivity contribution >= 4 is 56.8 Å². The monoisotopic (exact) mass is 543 g/mol. The summed E-state index contributed by atoms with van der Waals surface area (Å²) in [7, 11) is 0. The van der Waals surface area contributed by atoms with Crippen LogP contribution in [0.25, 0.3) is 21.8 Å². The number of carbonyl (C=O) groups is 2. The number of hydrogen-bond acceptors (Lipinski definition) is 5. The lowest BCUT2D eigenvalue weighted by Crippen LogP contribution is -2.32. The molecule has 0 saturated heterocycles. The quantitative estimate of drug-likeness (QED) is 0.243. The summed E-state index contributed by atoms with van der Waals surface area (Å²) in [4.78, 5) is 35.1. The van der Waals surface area contributed by atoms with E-state index in [1.807, 2.05) is 48.5 Å². The van der Waals surface area contributed by atoms with E-state index in [0.29, 0.717) is 32.3 Å². The number of hydrogen-bond donors (Lipinski definition) is 1. The van der Waals surface area contributed by atoms with Crippen molar-refractivity contribution in [2.24, 2.45) is 0 Å². The number of aliphatic hydroxyl groups is 1. The minimum absolute atomic E-state index is 0.299. The van der Waals surface area contributed by atoms with Crippen molar-refractivity contribution in [2.45, 2.75) is 26.0 Å². The highest BCUT2D eigenvalue weighted by Gasteiger charge is 2.39. The molecule has 2 amide bonds. The zero-order valence-electron chi connectivity index (χ0n) is 20.6. The molecule has 0 saturated carbocycles. The van der Waals surface area contributed by atoms with Crippen molar-refractivity contribution in [1.82, 2.24) is 14.9 Å². The second kappa shape index (κ2) is 10.5. The van der Waals surface area contributed by atoms with Gasteiger partial charge in [-0.3, -0.25) is 24.5 Å². The molecule has 0 spiro atoms. The van der Waals surface area contributed by atoms with Crippen molar-refractivity contribution < 1.29 is 14.7 Å². The van der Waals surface area contributed by atoms with E-state index in [1.54, 1.807) is 50.5 Å². The molecule has 1 N–H and O–H groups in total. The van der Waals surface area contributed by atoms with Gasteiger partial charge in [-0.05, 0) is 38.1 Å². The Morgan fingerprint density at radius 3 is 1.61 bits per heavy atom. The van der Waals surface area contributed by atoms with Crippen LogP contribution in [0.3, 0.4) is 0 Å². The summed E-state index contributed by atoms with van der Waals surface area (Å²) in [5.74, 6) is -0.598. The van der Waals surface area contributed by atoms with Crippen LogP contribution in [0, 0.1) is 0 Å². The SMILES string of the molecule is CC(O)c1cnc2ccccc2c1Cl.CC(c1cnc2ccccc2c1Cl)N1C(=O)c2ccccc2C1=O. The summed E-state index contributed by atoms with van der Waals surface area (Å²) in [6.07, 6.45) is 2.67. The maximum atomic E-state index is 12.6. The molecule has 6 rings (SSSR count). The summed E-state index contributed by atoms with van der Waals surface area (Å²) in [6, 6.07) is 21.5. The number of aromatic nitrogens is 2. The Morgan fingerprint density at radius 1 is 0.684 bits per heavy atom. The van der Waals surface area contributed by atoms with Gasteiger partial charge in [0.1, 0.15) is 0 Å². The number of nitrogens with zero attached hydrogens (tertiary/aromatic N) is 3. The fraction of sp³-hybridized carbons (Fsp3) is 0.133. The normalized spacial score (nSPS) is 14.3. The number of fused-ring (bicyclic) bond motifs is 3. The molecule has 0 bridgehead atoms. The van der Waals surface area contributed by atoms with E-state index in [9.17, 15) is 14.7 Å². The van der Waals surface area contributed by atoms with E-state index in [2.05, 4.69) is 9.97 Å². The van der Waals surface area contributed by atoms with Crippen LogP contribution in [0.2, 0.25) is 10.0 Å². The number of amides is 2. The molecule has 0 fully saturated rings. The largest absolute Gasteiger partial charge is 0.389 e. The lowest BCUT2D eigenvalue weighted by atomic mass is 10.1. The van der Waals surface area contributed by atoms with Crippen molar-refractivity contribution in [3.63, 3.8) is 0 Å². The molecule has 3 aromatic carbocycles. The summed E-state index contributed by atoms with van der Waals surface area (Å²) in [5.41, 5.74) is 3.82. The van der Waals surface area contributed by atoms with Gasteiger partial charge in [0.15, 0.2) is 0 Å². The van der Waals surface area contributed by atoms with E-state index in [1.165, 1.54) is 4.90 Å². The van der Waals surface area contributed by atoms with Crippen molar-refractivity contribution in [3.05, 3.63) is 117 Å². The first-order valence-corrected chi connectivity index (χ1v) is 12.8. The first-order valence-electron chi connectivity index (χ1n) is 12.0. The Kier molecular flexibility index (Phi) is 7.13. The first-order chi connectivity index (χ1) is 18.3. The number of pyridine rings is 2. The molecule has 8 heteroatoms. The molecular weight excluding hydrogens is 521 g/mol. The van der Waals surface area contributed by atoms with Crippen LogP contribution in [0.15, 0.2) is 85.2 Å². The van der Waals surface area contributed by atoms with Gasteiger partial charge < -0.3 is 5.11 Å². The molecule has 0 aliphatic carbocycles. The first kappa shape index (κ1) is 25.8. The number of para-hydroxylation sites is 2. The third kappa shape index (κ3) is 4.52. The van der Waals surface area contributed by atoms with Gasteiger partial charge in [0, 0.05) is 34.3 Å². The lowest BCUT2D eigenvalue weighted by Gasteiger charge is -2.24. The smallest absolute Gasteiger partial charge is 0.262 e. The highest BCUT2D eigenvalue weighted by molar-refractivity contribution is 6.36. The van der Waals surface area contributed by atoms with Crippen LogP contribution in [-0.4, -0.2) is 31.8 Å². The zero-order valence-corrected chi connectivity index (χ0v) is 22.1. The van der Waals surface area contributed by atoms with E-state index in [4.69, 9.17) is 23.2 Å². The maximum absolute atomic E-state index is 12.6. The van der Waals surface area contributed by atoms with Crippen LogP contribution in [0.4, 0.5) is 0 Å². The summed E-state index contributed by atoms with van der Waals surface area (Å²) >= 11 is 12.7. The lowest BCUT2D eigenvalue weighted by molar-refractivity contribution is 0.0595. The standard InChI is InChI=1S/C19H13ClN2O2.C11H10ClNO/c1-11(15-10-21-16-9-5-4-8-14(16)17(15)20)22-18(23)12-6-2-3-7-13(12)19(22)24;1-7(14)9-6-13-10-5-3-2-4-8(10)11(9)12/h2-11H,1H3;2-7,14H,1H3. The third-order valence-corrected chi connectivity index (χ3v) is 7.43. The van der Waals surface area contributed by atoms with Crippen LogP contribution >= 0.6 is 23.2 Å². The fourth-order valence-electron chi connectivity index (χ4n) is 4.53. The van der Waals surface area contributed by atoms with Gasteiger partial charge in [0.05, 0.1) is 44.4 Å². The van der Waals surface area contributed by atoms with E-state index < -0.39 is 12.1 Å². The summed E-state index contributed by atoms with van der Waals surface area (Å²) in [6.45, 7) is 3.47. The molecule has 1 aliphatic heterocycles. The van der Waals surface area contributed by atoms with Gasteiger partial charge in [-0.1, -0.05) is 71.7 Å². The third-order valence-electron chi connectivity index (χ3n) is 6.59. The van der Waals surface area contributed by atoms with Gasteiger partial charge in [0.25, 0.3) is 11.8 Å². The molecule has 2 unspecified atom stereocenters. The van der Waals surface area contributed by atoms with E-state index in [-0.39, 0.29) is 11.8 Å². The van der Waals surface area contributed by atoms with Crippen molar-refractivity contribution in [2.75, 3.05) is 0 Å². The highest BCUT2D eigenvalue weighted by atomic mass is 35.5. The molecule has 190 valence electrons. The molecule has 3 heterocycles. The average molecular weight is 544 g/mol. The number of benzene rings is 3. The number of halogens is 2. The summed E-state index contributed by atoms with van der Waals surface area (Å²) in [5, 5.41) is 12.2. The van der Waals surface area contributed by atoms with Crippen molar-refractivity contribution in [3.8, 4) is 0 Å². The number of carbonyl (C=O) groups excluding carboxylic acids is 2. The predicted molar refractivity (Wildman–Crippen MR) is 149 cm³/mol. The van der Waals surface area contributed by atoms with Gasteiger partial charge in [-0.25, -0.2) is 0 Å². The van der Waals surface area contributed by atoms with Gasteiger partial charge in [-0.2, -0.15) is 0 Å².